The lowest BCUT2D eigenvalue weighted by atomic mass is 10.1. The van der Waals surface area contributed by atoms with Gasteiger partial charge >= 0.3 is 0 Å². The van der Waals surface area contributed by atoms with Gasteiger partial charge in [-0.25, -0.2) is 8.42 Å². The molecule has 1 aromatic carbocycles. The minimum atomic E-state index is -3.41. The molecule has 0 saturated heterocycles. The lowest BCUT2D eigenvalue weighted by Gasteiger charge is -2.16. The summed E-state index contributed by atoms with van der Waals surface area (Å²) in [6, 6.07) is 3.01. The molecule has 1 atom stereocenters. The fourth-order valence-electron chi connectivity index (χ4n) is 1.61. The summed E-state index contributed by atoms with van der Waals surface area (Å²) in [7, 11) is -1.92. The van der Waals surface area contributed by atoms with E-state index in [4.69, 9.17) is 10.5 Å². The van der Waals surface area contributed by atoms with Crippen molar-refractivity contribution >= 4 is 9.84 Å². The second kappa shape index (κ2) is 5.03. The number of ether oxygens (including phenoxy) is 1. The molecule has 0 amide bonds. The van der Waals surface area contributed by atoms with E-state index in [2.05, 4.69) is 0 Å². The van der Waals surface area contributed by atoms with Gasteiger partial charge in [0, 0.05) is 18.4 Å². The third-order valence-electron chi connectivity index (χ3n) is 2.51. The smallest absolute Gasteiger partial charge is 0.175 e. The summed E-state index contributed by atoms with van der Waals surface area (Å²) in [6.45, 7) is 1.70. The van der Waals surface area contributed by atoms with Gasteiger partial charge in [-0.2, -0.15) is 0 Å². The maximum atomic E-state index is 11.6. The minimum Gasteiger partial charge on any atom is -0.496 e. The maximum absolute atomic E-state index is 11.6. The summed E-state index contributed by atoms with van der Waals surface area (Å²) in [6.07, 6.45) is 0.0790. The molecule has 0 bridgehead atoms. The van der Waals surface area contributed by atoms with Crippen LogP contribution < -0.4 is 10.5 Å². The molecule has 0 spiro atoms. The second-order valence-corrected chi connectivity index (χ2v) is 5.87. The number of aliphatic hydroxyl groups excluding tert-OH is 1. The van der Waals surface area contributed by atoms with E-state index in [0.717, 1.165) is 6.26 Å². The van der Waals surface area contributed by atoms with Gasteiger partial charge < -0.3 is 15.6 Å². The van der Waals surface area contributed by atoms with Crippen LogP contribution in [0.3, 0.4) is 0 Å². The van der Waals surface area contributed by atoms with E-state index in [-0.39, 0.29) is 17.0 Å². The van der Waals surface area contributed by atoms with Crippen LogP contribution in [0.2, 0.25) is 0 Å². The van der Waals surface area contributed by atoms with Gasteiger partial charge in [-0.3, -0.25) is 0 Å². The van der Waals surface area contributed by atoms with Gasteiger partial charge in [-0.05, 0) is 24.6 Å². The van der Waals surface area contributed by atoms with E-state index in [0.29, 0.717) is 11.3 Å². The first-order chi connectivity index (χ1) is 7.81. The number of nitrogens with two attached hydrogens (primary N) is 1. The molecule has 3 N–H and O–H groups in total. The highest BCUT2D eigenvalue weighted by Gasteiger charge is 2.20. The van der Waals surface area contributed by atoms with E-state index in [1.165, 1.54) is 19.2 Å². The fraction of sp³-hybridized carbons (Fsp3) is 0.455. The first kappa shape index (κ1) is 14.0. The molecule has 0 fully saturated rings. The molecule has 5 nitrogen and oxygen atoms in total. The van der Waals surface area contributed by atoms with Crippen molar-refractivity contribution in [2.75, 3.05) is 19.9 Å². The number of benzene rings is 1. The Morgan fingerprint density at radius 2 is 2.06 bits per heavy atom. The van der Waals surface area contributed by atoms with Crippen molar-refractivity contribution in [2.24, 2.45) is 5.73 Å². The van der Waals surface area contributed by atoms with Crippen molar-refractivity contribution in [3.8, 4) is 5.75 Å². The Balaban J connectivity index is 3.53. The fourth-order valence-corrected chi connectivity index (χ4v) is 2.62. The Hall–Kier alpha value is -1.11. The van der Waals surface area contributed by atoms with Crippen molar-refractivity contribution in [1.82, 2.24) is 0 Å². The molecule has 1 aromatic rings. The SMILES string of the molecule is COc1cc(C(O)CN)c(S(C)(=O)=O)cc1C. The molecule has 0 aliphatic rings. The summed E-state index contributed by atoms with van der Waals surface area (Å²) in [4.78, 5) is 0.0914. The number of sulfone groups is 1. The number of hydrogen-bond acceptors (Lipinski definition) is 5. The predicted molar refractivity (Wildman–Crippen MR) is 64.9 cm³/mol. The van der Waals surface area contributed by atoms with Crippen LogP contribution in [0.1, 0.15) is 17.2 Å². The van der Waals surface area contributed by atoms with E-state index in [9.17, 15) is 13.5 Å². The summed E-state index contributed by atoms with van der Waals surface area (Å²) in [5.41, 5.74) is 6.33. The third kappa shape index (κ3) is 2.96. The summed E-state index contributed by atoms with van der Waals surface area (Å²) >= 11 is 0. The number of methoxy groups -OCH3 is 1. The molecule has 96 valence electrons. The van der Waals surface area contributed by atoms with Crippen molar-refractivity contribution in [3.63, 3.8) is 0 Å². The Morgan fingerprint density at radius 3 is 2.47 bits per heavy atom. The third-order valence-corrected chi connectivity index (χ3v) is 3.66. The van der Waals surface area contributed by atoms with Crippen LogP contribution in [0.15, 0.2) is 17.0 Å². The molecule has 0 heterocycles. The second-order valence-electron chi connectivity index (χ2n) is 3.88. The first-order valence-corrected chi connectivity index (χ1v) is 6.97. The van der Waals surface area contributed by atoms with Gasteiger partial charge in [0.2, 0.25) is 0 Å². The molecule has 0 aromatic heterocycles. The van der Waals surface area contributed by atoms with E-state index in [1.807, 2.05) is 0 Å². The molecular formula is C11H17NO4S. The summed E-state index contributed by atoms with van der Waals surface area (Å²) in [5.74, 6) is 0.528. The Bertz CT molecular complexity index is 510. The van der Waals surface area contributed by atoms with Gasteiger partial charge in [0.25, 0.3) is 0 Å². The molecule has 1 rings (SSSR count). The van der Waals surface area contributed by atoms with Crippen LogP contribution in [0.4, 0.5) is 0 Å². The van der Waals surface area contributed by atoms with Gasteiger partial charge in [0.15, 0.2) is 9.84 Å². The number of aryl methyl sites for hydroxylation is 1. The van der Waals surface area contributed by atoms with Crippen LogP contribution in [0.25, 0.3) is 0 Å². The minimum absolute atomic E-state index is 0.0469. The molecule has 6 heteroatoms. The Kier molecular flexibility index (Phi) is 4.13. The largest absolute Gasteiger partial charge is 0.496 e. The van der Waals surface area contributed by atoms with Crippen LogP contribution >= 0.6 is 0 Å². The quantitative estimate of drug-likeness (QED) is 0.817. The number of aliphatic hydroxyl groups is 1. The van der Waals surface area contributed by atoms with Crippen LogP contribution in [-0.4, -0.2) is 33.4 Å². The molecular weight excluding hydrogens is 242 g/mol. The zero-order valence-electron chi connectivity index (χ0n) is 10.1. The molecule has 17 heavy (non-hydrogen) atoms. The van der Waals surface area contributed by atoms with Crippen molar-refractivity contribution < 1.29 is 18.3 Å². The average molecular weight is 259 g/mol. The zero-order chi connectivity index (χ0) is 13.2. The monoisotopic (exact) mass is 259 g/mol. The normalized spacial score (nSPS) is 13.5. The molecule has 0 aliphatic carbocycles. The molecule has 0 saturated carbocycles. The lowest BCUT2D eigenvalue weighted by Crippen LogP contribution is -2.15. The van der Waals surface area contributed by atoms with Crippen LogP contribution in [-0.2, 0) is 9.84 Å². The van der Waals surface area contributed by atoms with Gasteiger partial charge in [-0.1, -0.05) is 0 Å². The van der Waals surface area contributed by atoms with Gasteiger partial charge in [-0.15, -0.1) is 0 Å². The highest BCUT2D eigenvalue weighted by molar-refractivity contribution is 7.90. The van der Waals surface area contributed by atoms with Crippen molar-refractivity contribution in [3.05, 3.63) is 23.3 Å². The van der Waals surface area contributed by atoms with Crippen LogP contribution in [0, 0.1) is 6.92 Å². The zero-order valence-corrected chi connectivity index (χ0v) is 10.9. The molecule has 0 radical (unpaired) electrons. The highest BCUT2D eigenvalue weighted by Crippen LogP contribution is 2.29. The highest BCUT2D eigenvalue weighted by atomic mass is 32.2. The van der Waals surface area contributed by atoms with Gasteiger partial charge in [0.1, 0.15) is 5.75 Å². The average Bonchev–Trinajstić information content (AvgIpc) is 2.26. The first-order valence-electron chi connectivity index (χ1n) is 5.08. The van der Waals surface area contributed by atoms with Crippen LogP contribution in [0.5, 0.6) is 5.75 Å². The topological polar surface area (TPSA) is 89.6 Å². The Morgan fingerprint density at radius 1 is 1.47 bits per heavy atom. The summed E-state index contributed by atoms with van der Waals surface area (Å²) in [5, 5.41) is 9.74. The molecule has 0 aliphatic heterocycles. The Labute approximate surface area is 101 Å². The lowest BCUT2D eigenvalue weighted by molar-refractivity contribution is 0.183. The van der Waals surface area contributed by atoms with E-state index >= 15 is 0 Å². The number of rotatable bonds is 4. The van der Waals surface area contributed by atoms with E-state index in [1.54, 1.807) is 6.92 Å². The van der Waals surface area contributed by atoms with Gasteiger partial charge in [0.05, 0.1) is 18.1 Å². The van der Waals surface area contributed by atoms with E-state index < -0.39 is 15.9 Å². The maximum Gasteiger partial charge on any atom is 0.175 e. The molecule has 1 unspecified atom stereocenters. The van der Waals surface area contributed by atoms with Crippen molar-refractivity contribution in [2.45, 2.75) is 17.9 Å². The van der Waals surface area contributed by atoms with Crippen molar-refractivity contribution in [1.29, 1.82) is 0 Å². The number of hydrogen-bond donors (Lipinski definition) is 2. The standard InChI is InChI=1S/C11H17NO4S/c1-7-4-11(17(3,14)15)8(9(13)6-12)5-10(7)16-2/h4-5,9,13H,6,12H2,1-3H3. The summed E-state index contributed by atoms with van der Waals surface area (Å²) < 4.78 is 28.4. The predicted octanol–water partition coefficient (Wildman–Crippen LogP) is 0.399.